The van der Waals surface area contributed by atoms with E-state index in [4.69, 9.17) is 0 Å². The van der Waals surface area contributed by atoms with Crippen molar-refractivity contribution in [2.45, 2.75) is 151 Å². The zero-order valence-corrected chi connectivity index (χ0v) is 32.8. The van der Waals surface area contributed by atoms with Gasteiger partial charge in [-0.15, -0.1) is 0 Å². The first kappa shape index (κ1) is 37.4. The molecule has 45 heavy (non-hydrogen) atoms. The fraction of sp³-hybridized carbons (Fsp3) is 0.700. The van der Waals surface area contributed by atoms with Crippen LogP contribution < -0.4 is 20.4 Å². The summed E-state index contributed by atoms with van der Waals surface area (Å²) < 4.78 is 0. The summed E-state index contributed by atoms with van der Waals surface area (Å²) in [6.45, 7) is 0. The van der Waals surface area contributed by atoms with Crippen molar-refractivity contribution in [3.63, 3.8) is 0 Å². The molecule has 2 nitrogen and oxygen atoms in total. The van der Waals surface area contributed by atoms with Crippen LogP contribution >= 0.6 is 15.8 Å². The summed E-state index contributed by atoms with van der Waals surface area (Å²) in [4.78, 5) is 4.44. The molecule has 0 unspecified atom stereocenters. The maximum absolute atomic E-state index is 2.48. The van der Waals surface area contributed by atoms with Crippen molar-refractivity contribution in [3.8, 4) is 0 Å². The molecule has 5 heteroatoms. The molecule has 0 spiro atoms. The van der Waals surface area contributed by atoms with E-state index in [2.05, 4.69) is 86.5 Å². The van der Waals surface area contributed by atoms with Crippen LogP contribution in [0.25, 0.3) is 0 Å². The Morgan fingerprint density at radius 1 is 0.378 bits per heavy atom. The van der Waals surface area contributed by atoms with E-state index in [9.17, 15) is 0 Å². The summed E-state index contributed by atoms with van der Waals surface area (Å²) in [5.74, 6) is 0. The quantitative estimate of drug-likeness (QED) is 0.196. The van der Waals surface area contributed by atoms with E-state index < -0.39 is 0 Å². The molecule has 0 saturated heterocycles. The molecule has 2 aromatic carbocycles. The molecule has 4 aliphatic rings. The van der Waals surface area contributed by atoms with Crippen LogP contribution in [-0.4, -0.2) is 50.8 Å². The van der Waals surface area contributed by atoms with Gasteiger partial charge < -0.3 is 9.80 Å². The number of nitrogens with zero attached hydrogens (tertiary/aromatic N) is 2. The summed E-state index contributed by atoms with van der Waals surface area (Å²) >= 11 is 0. The average molecular weight is 743 g/mol. The van der Waals surface area contributed by atoms with Crippen LogP contribution in [0.2, 0.25) is 0 Å². The van der Waals surface area contributed by atoms with Gasteiger partial charge in [-0.25, -0.2) is 0 Å². The minimum atomic E-state index is -0.384. The maximum atomic E-state index is 2.48. The third-order valence-electron chi connectivity index (χ3n) is 11.6. The third kappa shape index (κ3) is 10.8. The maximum Gasteiger partial charge on any atom is 0.0922 e. The van der Waals surface area contributed by atoms with E-state index in [-0.39, 0.29) is 36.3 Å². The van der Waals surface area contributed by atoms with Crippen molar-refractivity contribution in [2.75, 3.05) is 38.0 Å². The Bertz CT molecular complexity index is 941. The first-order valence-electron chi connectivity index (χ1n) is 18.8. The van der Waals surface area contributed by atoms with E-state index in [1.165, 1.54) is 140 Å². The first-order chi connectivity index (χ1) is 21.5. The van der Waals surface area contributed by atoms with E-state index in [1.807, 2.05) is 0 Å². The monoisotopic (exact) mass is 742 g/mol. The number of hydrogen-bond donors (Lipinski definition) is 0. The van der Waals surface area contributed by atoms with Gasteiger partial charge in [0.05, 0.1) is 33.2 Å². The molecule has 0 bridgehead atoms. The minimum absolute atomic E-state index is 0. The topological polar surface area (TPSA) is 6.48 Å². The largest absolute Gasteiger partial charge is 0.378 e. The van der Waals surface area contributed by atoms with Crippen LogP contribution in [0.1, 0.15) is 128 Å². The van der Waals surface area contributed by atoms with E-state index >= 15 is 0 Å². The molecule has 0 atom stereocenters. The Labute approximate surface area is 294 Å². The van der Waals surface area contributed by atoms with Crippen molar-refractivity contribution in [1.29, 1.82) is 0 Å². The molecule has 0 aromatic heterocycles. The van der Waals surface area contributed by atoms with Crippen molar-refractivity contribution in [1.82, 2.24) is 0 Å². The summed E-state index contributed by atoms with van der Waals surface area (Å²) in [6.07, 6.45) is 29.9. The molecular weight excluding hydrogens is 677 g/mol. The van der Waals surface area contributed by atoms with Gasteiger partial charge in [-0.3, -0.25) is 0 Å². The second-order valence-electron chi connectivity index (χ2n) is 15.1. The number of anilines is 2. The van der Waals surface area contributed by atoms with Gasteiger partial charge in [0.1, 0.15) is 0 Å². The van der Waals surface area contributed by atoms with Crippen LogP contribution in [-0.2, 0) is 20.4 Å². The second kappa shape index (κ2) is 19.5. The van der Waals surface area contributed by atoms with Crippen LogP contribution in [0.5, 0.6) is 0 Å². The molecule has 4 aliphatic carbocycles. The predicted octanol–water partition coefficient (Wildman–Crippen LogP) is 10.5. The van der Waals surface area contributed by atoms with Gasteiger partial charge >= 0.3 is 0 Å². The van der Waals surface area contributed by atoms with Crippen molar-refractivity contribution < 1.29 is 20.4 Å². The van der Waals surface area contributed by atoms with Gasteiger partial charge in [0, 0.05) is 75.8 Å². The molecule has 0 radical (unpaired) electrons. The van der Waals surface area contributed by atoms with Crippen LogP contribution in [0, 0.1) is 0 Å². The van der Waals surface area contributed by atoms with Crippen molar-refractivity contribution >= 4 is 37.8 Å². The zero-order valence-electron chi connectivity index (χ0n) is 29.3. The predicted molar refractivity (Wildman–Crippen MR) is 205 cm³/mol. The van der Waals surface area contributed by atoms with E-state index in [1.54, 1.807) is 10.6 Å². The van der Waals surface area contributed by atoms with Gasteiger partial charge in [0.25, 0.3) is 0 Å². The van der Waals surface area contributed by atoms with E-state index in [0.29, 0.717) is 0 Å². The smallest absolute Gasteiger partial charge is 0.0922 e. The van der Waals surface area contributed by atoms with Gasteiger partial charge in [-0.1, -0.05) is 25.7 Å². The van der Waals surface area contributed by atoms with Gasteiger partial charge in [0.2, 0.25) is 0 Å². The van der Waals surface area contributed by atoms with Gasteiger partial charge in [-0.2, -0.15) is 0 Å². The molecule has 4 fully saturated rings. The van der Waals surface area contributed by atoms with E-state index in [0.717, 1.165) is 22.6 Å². The molecule has 6 rings (SSSR count). The molecule has 2 aromatic rings. The molecule has 254 valence electrons. The Morgan fingerprint density at radius 2 is 0.600 bits per heavy atom. The molecular formula is C40H66N2P2Pd+2. The standard InChI is InChI=1S/2C20H32NP.Pd/c2*1-21(2)17-13-15-20(16-14-17)22(18-9-5-3-6-10-18)19-11-7-4-8-12-19;/h2*13-16,18-19H,3-12H2,1-2H3;/p+2. The minimum Gasteiger partial charge on any atom is -0.378 e. The molecule has 0 amide bonds. The fourth-order valence-corrected chi connectivity index (χ4v) is 17.6. The third-order valence-corrected chi connectivity index (χ3v) is 19.4. The Kier molecular flexibility index (Phi) is 16.2. The van der Waals surface area contributed by atoms with Crippen LogP contribution in [0.15, 0.2) is 48.5 Å². The first-order valence-corrected chi connectivity index (χ1v) is 22.1. The Morgan fingerprint density at radius 3 is 0.800 bits per heavy atom. The summed E-state index contributed by atoms with van der Waals surface area (Å²) in [5, 5.41) is 3.46. The van der Waals surface area contributed by atoms with Gasteiger partial charge in [0.15, 0.2) is 0 Å². The number of benzene rings is 2. The van der Waals surface area contributed by atoms with Crippen LogP contribution in [0.4, 0.5) is 11.4 Å². The fourth-order valence-electron chi connectivity index (χ4n) is 9.17. The molecule has 0 heterocycles. The number of hydrogen-bond acceptors (Lipinski definition) is 2. The number of rotatable bonds is 8. The molecule has 4 saturated carbocycles. The zero-order chi connectivity index (χ0) is 30.7. The SMILES string of the molecule is CN(C)c1ccc([PH+](C2CCCCC2)C2CCCCC2)cc1.CN(C)c1ccc([PH+](C2CCCCC2)C2CCCCC2)cc1.[Pd]. The van der Waals surface area contributed by atoms with Crippen molar-refractivity contribution in [3.05, 3.63) is 48.5 Å². The molecule has 0 aliphatic heterocycles. The summed E-state index contributed by atoms with van der Waals surface area (Å²) in [7, 11) is 7.80. The second-order valence-corrected chi connectivity index (χ2v) is 21.4. The Hall–Kier alpha value is -0.438. The summed E-state index contributed by atoms with van der Waals surface area (Å²) in [5.41, 5.74) is 6.88. The summed E-state index contributed by atoms with van der Waals surface area (Å²) in [6, 6.07) is 19.3. The van der Waals surface area contributed by atoms with Gasteiger partial charge in [-0.05, 0) is 151 Å². The Balaban J connectivity index is 0.000000200. The van der Waals surface area contributed by atoms with Crippen LogP contribution in [0.3, 0.4) is 0 Å². The average Bonchev–Trinajstić information content (AvgIpc) is 3.08. The molecule has 0 N–H and O–H groups in total. The normalized spacial score (nSPS) is 20.8. The van der Waals surface area contributed by atoms with Crippen molar-refractivity contribution in [2.24, 2.45) is 0 Å².